The number of nitrogens with zero attached hydrogens (tertiary/aromatic N) is 2. The molecule has 0 saturated carbocycles. The molecule has 8 heteroatoms. The first-order valence-corrected chi connectivity index (χ1v) is 5.79. The van der Waals surface area contributed by atoms with Crippen LogP contribution in [0.1, 0.15) is 26.5 Å². The second kappa shape index (κ2) is 5.40. The zero-order valence-electron chi connectivity index (χ0n) is 11.0. The van der Waals surface area contributed by atoms with E-state index in [9.17, 15) is 14.9 Å². The molecule has 0 unspecified atom stereocenters. The summed E-state index contributed by atoms with van der Waals surface area (Å²) >= 11 is 5.72. The van der Waals surface area contributed by atoms with Gasteiger partial charge in [-0.3, -0.25) is 15.4 Å². The lowest BCUT2D eigenvalue weighted by atomic mass is 10.2. The standard InChI is InChI=1S/C11H14ClN3O4/c1-6-9(15(17)18)7(5-8(12)13-6)14-10(16)19-11(2,3)4/h5H,1-4H3,(H,13,14,16). The van der Waals surface area contributed by atoms with E-state index in [1.54, 1.807) is 20.8 Å². The molecule has 0 bridgehead atoms. The fourth-order valence-electron chi connectivity index (χ4n) is 1.37. The Morgan fingerprint density at radius 3 is 2.58 bits per heavy atom. The van der Waals surface area contributed by atoms with Gasteiger partial charge >= 0.3 is 11.8 Å². The summed E-state index contributed by atoms with van der Waals surface area (Å²) in [5, 5.41) is 13.3. The number of halogens is 1. The maximum Gasteiger partial charge on any atom is 0.412 e. The highest BCUT2D eigenvalue weighted by atomic mass is 35.5. The number of aromatic nitrogens is 1. The average molecular weight is 288 g/mol. The van der Waals surface area contributed by atoms with Gasteiger partial charge in [0.25, 0.3) is 0 Å². The number of rotatable bonds is 2. The van der Waals surface area contributed by atoms with Crippen molar-refractivity contribution >= 4 is 29.1 Å². The number of nitrogens with one attached hydrogen (secondary N) is 1. The summed E-state index contributed by atoms with van der Waals surface area (Å²) in [7, 11) is 0. The van der Waals surface area contributed by atoms with Crippen molar-refractivity contribution in [1.29, 1.82) is 0 Å². The van der Waals surface area contributed by atoms with Gasteiger partial charge in [0.2, 0.25) is 0 Å². The highest BCUT2D eigenvalue weighted by Gasteiger charge is 2.23. The lowest BCUT2D eigenvalue weighted by Crippen LogP contribution is -2.27. The molecule has 0 saturated heterocycles. The molecule has 1 N–H and O–H groups in total. The predicted molar refractivity (Wildman–Crippen MR) is 70.5 cm³/mol. The first-order valence-electron chi connectivity index (χ1n) is 5.41. The van der Waals surface area contributed by atoms with Crippen molar-refractivity contribution in [2.75, 3.05) is 5.32 Å². The SMILES string of the molecule is Cc1nc(Cl)cc(NC(=O)OC(C)(C)C)c1[N+](=O)[O-]. The van der Waals surface area contributed by atoms with Crippen LogP contribution in [0.2, 0.25) is 5.15 Å². The number of hydrogen-bond acceptors (Lipinski definition) is 5. The van der Waals surface area contributed by atoms with Crippen LogP contribution < -0.4 is 5.32 Å². The Morgan fingerprint density at radius 2 is 2.11 bits per heavy atom. The van der Waals surface area contributed by atoms with Crippen LogP contribution in [-0.4, -0.2) is 21.6 Å². The molecular weight excluding hydrogens is 274 g/mol. The monoisotopic (exact) mass is 287 g/mol. The van der Waals surface area contributed by atoms with Gasteiger partial charge in [-0.15, -0.1) is 0 Å². The van der Waals surface area contributed by atoms with Crippen LogP contribution in [0.25, 0.3) is 0 Å². The topological polar surface area (TPSA) is 94.4 Å². The molecule has 0 spiro atoms. The molecule has 0 atom stereocenters. The van der Waals surface area contributed by atoms with Crippen molar-refractivity contribution in [3.8, 4) is 0 Å². The van der Waals surface area contributed by atoms with Gasteiger partial charge in [-0.1, -0.05) is 11.6 Å². The third-order valence-electron chi connectivity index (χ3n) is 1.95. The van der Waals surface area contributed by atoms with Gasteiger partial charge in [0.1, 0.15) is 22.1 Å². The van der Waals surface area contributed by atoms with Crippen molar-refractivity contribution in [2.24, 2.45) is 0 Å². The number of nitro groups is 1. The van der Waals surface area contributed by atoms with Gasteiger partial charge in [0, 0.05) is 6.07 Å². The number of carbonyl (C=O) groups excluding carboxylic acids is 1. The molecule has 1 aromatic heterocycles. The van der Waals surface area contributed by atoms with E-state index in [1.165, 1.54) is 13.0 Å². The molecule has 0 aromatic carbocycles. The number of pyridine rings is 1. The third kappa shape index (κ3) is 4.36. The van der Waals surface area contributed by atoms with Gasteiger partial charge in [-0.25, -0.2) is 9.78 Å². The quantitative estimate of drug-likeness (QED) is 0.511. The van der Waals surface area contributed by atoms with E-state index >= 15 is 0 Å². The van der Waals surface area contributed by atoms with E-state index < -0.39 is 16.6 Å². The van der Waals surface area contributed by atoms with Crippen molar-refractivity contribution in [3.63, 3.8) is 0 Å². The zero-order valence-corrected chi connectivity index (χ0v) is 11.7. The van der Waals surface area contributed by atoms with E-state index in [4.69, 9.17) is 16.3 Å². The molecule has 0 radical (unpaired) electrons. The minimum atomic E-state index is -0.794. The Bertz CT molecular complexity index is 525. The van der Waals surface area contributed by atoms with Crippen LogP contribution in [0.5, 0.6) is 0 Å². The van der Waals surface area contributed by atoms with E-state index in [2.05, 4.69) is 10.3 Å². The summed E-state index contributed by atoms with van der Waals surface area (Å²) in [6.45, 7) is 6.49. The first kappa shape index (κ1) is 15.2. The molecular formula is C11H14ClN3O4. The van der Waals surface area contributed by atoms with Gasteiger partial charge in [0.15, 0.2) is 0 Å². The minimum absolute atomic E-state index is 0.0447. The summed E-state index contributed by atoms with van der Waals surface area (Å²) in [5.41, 5.74) is -0.944. The van der Waals surface area contributed by atoms with Crippen LogP contribution in [0, 0.1) is 17.0 Å². The van der Waals surface area contributed by atoms with E-state index in [0.29, 0.717) is 0 Å². The maximum absolute atomic E-state index is 11.6. The van der Waals surface area contributed by atoms with Crippen molar-refractivity contribution < 1.29 is 14.5 Å². The van der Waals surface area contributed by atoms with Crippen LogP contribution >= 0.6 is 11.6 Å². The van der Waals surface area contributed by atoms with E-state index in [1.807, 2.05) is 0 Å². The molecule has 104 valence electrons. The Balaban J connectivity index is 3.07. The summed E-state index contributed by atoms with van der Waals surface area (Å²) in [6, 6.07) is 1.20. The van der Waals surface area contributed by atoms with Crippen LogP contribution in [0.4, 0.5) is 16.2 Å². The van der Waals surface area contributed by atoms with Gasteiger partial charge in [0.05, 0.1) is 4.92 Å². The number of aryl methyl sites for hydroxylation is 1. The second-order valence-corrected chi connectivity index (χ2v) is 5.20. The normalized spacial score (nSPS) is 11.0. The second-order valence-electron chi connectivity index (χ2n) is 4.81. The smallest absolute Gasteiger partial charge is 0.412 e. The Kier molecular flexibility index (Phi) is 4.31. The third-order valence-corrected chi connectivity index (χ3v) is 2.15. The number of anilines is 1. The lowest BCUT2D eigenvalue weighted by Gasteiger charge is -2.19. The van der Waals surface area contributed by atoms with Crippen LogP contribution in [0.3, 0.4) is 0 Å². The van der Waals surface area contributed by atoms with Gasteiger partial charge < -0.3 is 4.74 Å². The Labute approximate surface area is 115 Å². The number of ether oxygens (including phenoxy) is 1. The summed E-state index contributed by atoms with van der Waals surface area (Å²) < 4.78 is 5.02. The molecule has 19 heavy (non-hydrogen) atoms. The van der Waals surface area contributed by atoms with Crippen LogP contribution in [-0.2, 0) is 4.74 Å². The molecule has 0 aliphatic rings. The fraction of sp³-hybridized carbons (Fsp3) is 0.455. The summed E-state index contributed by atoms with van der Waals surface area (Å²) in [4.78, 5) is 25.7. The molecule has 1 amide bonds. The highest BCUT2D eigenvalue weighted by Crippen LogP contribution is 2.29. The van der Waals surface area contributed by atoms with E-state index in [0.717, 1.165) is 0 Å². The number of hydrogen-bond donors (Lipinski definition) is 1. The fourth-order valence-corrected chi connectivity index (χ4v) is 1.60. The molecule has 1 heterocycles. The summed E-state index contributed by atoms with van der Waals surface area (Å²) in [5.74, 6) is 0. The van der Waals surface area contributed by atoms with Crippen molar-refractivity contribution in [3.05, 3.63) is 27.0 Å². The highest BCUT2D eigenvalue weighted by molar-refractivity contribution is 6.29. The maximum atomic E-state index is 11.6. The zero-order chi connectivity index (χ0) is 14.8. The van der Waals surface area contributed by atoms with Crippen molar-refractivity contribution in [1.82, 2.24) is 4.98 Å². The average Bonchev–Trinajstić information content (AvgIpc) is 2.10. The molecule has 1 aromatic rings. The minimum Gasteiger partial charge on any atom is -0.444 e. The lowest BCUT2D eigenvalue weighted by molar-refractivity contribution is -0.384. The van der Waals surface area contributed by atoms with Crippen molar-refractivity contribution in [2.45, 2.75) is 33.3 Å². The molecule has 7 nitrogen and oxygen atoms in total. The molecule has 1 rings (SSSR count). The number of amides is 1. The Morgan fingerprint density at radius 1 is 1.53 bits per heavy atom. The summed E-state index contributed by atoms with van der Waals surface area (Å²) in [6.07, 6.45) is -0.794. The molecule has 0 fully saturated rings. The largest absolute Gasteiger partial charge is 0.444 e. The predicted octanol–water partition coefficient (Wildman–Crippen LogP) is 3.30. The number of carbonyl (C=O) groups is 1. The van der Waals surface area contributed by atoms with Gasteiger partial charge in [-0.05, 0) is 27.7 Å². The van der Waals surface area contributed by atoms with Gasteiger partial charge in [-0.2, -0.15) is 0 Å². The van der Waals surface area contributed by atoms with E-state index in [-0.39, 0.29) is 22.2 Å². The van der Waals surface area contributed by atoms with Crippen LogP contribution in [0.15, 0.2) is 6.07 Å². The molecule has 0 aliphatic carbocycles. The Hall–Kier alpha value is -1.89. The molecule has 0 aliphatic heterocycles. The first-order chi connectivity index (χ1) is 8.60.